The zero-order valence-corrected chi connectivity index (χ0v) is 12.4. The quantitative estimate of drug-likeness (QED) is 0.724. The predicted molar refractivity (Wildman–Crippen MR) is 79.2 cm³/mol. The van der Waals surface area contributed by atoms with E-state index in [9.17, 15) is 8.78 Å². The van der Waals surface area contributed by atoms with Gasteiger partial charge in [0.2, 0.25) is 0 Å². The third-order valence-electron chi connectivity index (χ3n) is 3.60. The van der Waals surface area contributed by atoms with Gasteiger partial charge >= 0.3 is 0 Å². The molecule has 0 saturated carbocycles. The van der Waals surface area contributed by atoms with E-state index in [1.54, 1.807) is 13.2 Å². The summed E-state index contributed by atoms with van der Waals surface area (Å²) in [6.45, 7) is 2.46. The van der Waals surface area contributed by atoms with E-state index in [1.165, 1.54) is 0 Å². The van der Waals surface area contributed by atoms with Crippen molar-refractivity contribution in [1.29, 1.82) is 0 Å². The number of aromatic nitrogens is 1. The minimum Gasteiger partial charge on any atom is -0.383 e. The van der Waals surface area contributed by atoms with Gasteiger partial charge in [-0.3, -0.25) is 0 Å². The Morgan fingerprint density at radius 2 is 2.24 bits per heavy atom. The van der Waals surface area contributed by atoms with Gasteiger partial charge < -0.3 is 15.4 Å². The first-order chi connectivity index (χ1) is 10.2. The number of halogens is 2. The summed E-state index contributed by atoms with van der Waals surface area (Å²) in [4.78, 5) is 4.23. The second-order valence-electron chi connectivity index (χ2n) is 5.22. The summed E-state index contributed by atoms with van der Waals surface area (Å²) < 4.78 is 32.9. The van der Waals surface area contributed by atoms with Crippen molar-refractivity contribution in [2.75, 3.05) is 38.7 Å². The van der Waals surface area contributed by atoms with Crippen molar-refractivity contribution in [2.24, 2.45) is 0 Å². The standard InChI is InChI=1S/C15H23F2N3O/c1-21-10-9-18-8-6-12(16)14(17)13-5-4-11-3-2-7-19-15(11)20-13/h4-5,12,14,18H,2-3,6-10H2,1H3,(H,19,20). The number of alkyl halides is 2. The Bertz CT molecular complexity index is 445. The highest BCUT2D eigenvalue weighted by molar-refractivity contribution is 5.47. The van der Waals surface area contributed by atoms with Crippen LogP contribution in [0.25, 0.3) is 0 Å². The second kappa shape index (κ2) is 8.24. The molecule has 2 unspecified atom stereocenters. The predicted octanol–water partition coefficient (Wildman–Crippen LogP) is 2.41. The van der Waals surface area contributed by atoms with Crippen LogP contribution in [0.1, 0.15) is 30.3 Å². The van der Waals surface area contributed by atoms with Crippen molar-refractivity contribution < 1.29 is 13.5 Å². The molecule has 0 spiro atoms. The second-order valence-corrected chi connectivity index (χ2v) is 5.22. The fourth-order valence-electron chi connectivity index (χ4n) is 2.37. The summed E-state index contributed by atoms with van der Waals surface area (Å²) in [5, 5.41) is 6.15. The van der Waals surface area contributed by atoms with Crippen LogP contribution < -0.4 is 10.6 Å². The van der Waals surface area contributed by atoms with Crippen LogP contribution in [0.5, 0.6) is 0 Å². The Kier molecular flexibility index (Phi) is 6.32. The topological polar surface area (TPSA) is 46.2 Å². The first-order valence-electron chi connectivity index (χ1n) is 7.44. The number of pyridine rings is 1. The first kappa shape index (κ1) is 16.1. The van der Waals surface area contributed by atoms with Gasteiger partial charge in [0.15, 0.2) is 6.17 Å². The Labute approximate surface area is 124 Å². The number of methoxy groups -OCH3 is 1. The molecule has 2 rings (SSSR count). The van der Waals surface area contributed by atoms with Crippen LogP contribution >= 0.6 is 0 Å². The maximum atomic E-state index is 14.2. The normalized spacial score (nSPS) is 16.9. The number of aryl methyl sites for hydroxylation is 1. The van der Waals surface area contributed by atoms with Gasteiger partial charge in [-0.25, -0.2) is 13.8 Å². The summed E-state index contributed by atoms with van der Waals surface area (Å²) in [7, 11) is 1.60. The van der Waals surface area contributed by atoms with Gasteiger partial charge in [0.1, 0.15) is 12.0 Å². The maximum absolute atomic E-state index is 14.2. The summed E-state index contributed by atoms with van der Waals surface area (Å²) in [5.74, 6) is 0.701. The number of hydrogen-bond acceptors (Lipinski definition) is 4. The molecule has 1 aromatic heterocycles. The highest BCUT2D eigenvalue weighted by Gasteiger charge is 2.24. The number of rotatable bonds is 8. The average molecular weight is 299 g/mol. The van der Waals surface area contributed by atoms with Crippen LogP contribution in [-0.2, 0) is 11.2 Å². The lowest BCUT2D eigenvalue weighted by Gasteiger charge is -2.19. The molecule has 2 atom stereocenters. The van der Waals surface area contributed by atoms with Crippen LogP contribution in [0, 0.1) is 0 Å². The molecule has 0 aromatic carbocycles. The molecule has 1 aliphatic heterocycles. The Morgan fingerprint density at radius 3 is 3.05 bits per heavy atom. The van der Waals surface area contributed by atoms with Crippen LogP contribution in [0.15, 0.2) is 12.1 Å². The molecule has 0 fully saturated rings. The minimum atomic E-state index is -1.68. The Hall–Kier alpha value is -1.27. The SMILES string of the molecule is COCCNCCC(F)C(F)c1ccc2c(n1)NCCC2. The third-order valence-corrected chi connectivity index (χ3v) is 3.60. The highest BCUT2D eigenvalue weighted by Crippen LogP contribution is 2.28. The molecular formula is C15H23F2N3O. The molecule has 1 aliphatic rings. The number of fused-ring (bicyclic) bond motifs is 1. The van der Waals surface area contributed by atoms with E-state index < -0.39 is 12.3 Å². The van der Waals surface area contributed by atoms with Gasteiger partial charge in [-0.15, -0.1) is 0 Å². The van der Waals surface area contributed by atoms with Crippen LogP contribution in [0.2, 0.25) is 0 Å². The van der Waals surface area contributed by atoms with Gasteiger partial charge in [-0.05, 0) is 37.4 Å². The van der Waals surface area contributed by atoms with E-state index in [-0.39, 0.29) is 12.1 Å². The molecule has 0 amide bonds. The smallest absolute Gasteiger partial charge is 0.173 e. The van der Waals surface area contributed by atoms with E-state index >= 15 is 0 Å². The first-order valence-corrected chi connectivity index (χ1v) is 7.44. The number of anilines is 1. The van der Waals surface area contributed by atoms with E-state index in [4.69, 9.17) is 4.74 Å². The number of hydrogen-bond donors (Lipinski definition) is 2. The number of nitrogens with zero attached hydrogens (tertiary/aromatic N) is 1. The van der Waals surface area contributed by atoms with Crippen molar-refractivity contribution in [3.8, 4) is 0 Å². The van der Waals surface area contributed by atoms with E-state index in [0.717, 1.165) is 24.9 Å². The summed E-state index contributed by atoms with van der Waals surface area (Å²) in [6, 6.07) is 3.45. The van der Waals surface area contributed by atoms with Crippen LogP contribution in [0.3, 0.4) is 0 Å². The molecule has 6 heteroatoms. The third kappa shape index (κ3) is 4.61. The Morgan fingerprint density at radius 1 is 1.38 bits per heavy atom. The zero-order chi connectivity index (χ0) is 15.1. The molecule has 21 heavy (non-hydrogen) atoms. The van der Waals surface area contributed by atoms with Gasteiger partial charge in [0.05, 0.1) is 12.3 Å². The van der Waals surface area contributed by atoms with E-state index in [1.807, 2.05) is 6.07 Å². The van der Waals surface area contributed by atoms with Crippen LogP contribution in [0.4, 0.5) is 14.6 Å². The van der Waals surface area contributed by atoms with E-state index in [0.29, 0.717) is 25.5 Å². The fourth-order valence-corrected chi connectivity index (χ4v) is 2.37. The van der Waals surface area contributed by atoms with Crippen LogP contribution in [-0.4, -0.2) is 44.5 Å². The zero-order valence-electron chi connectivity index (χ0n) is 12.4. The maximum Gasteiger partial charge on any atom is 0.173 e. The number of ether oxygens (including phenoxy) is 1. The van der Waals surface area contributed by atoms with Crippen molar-refractivity contribution in [2.45, 2.75) is 31.6 Å². The van der Waals surface area contributed by atoms with E-state index in [2.05, 4.69) is 15.6 Å². The molecule has 0 radical (unpaired) electrons. The molecule has 0 bridgehead atoms. The van der Waals surface area contributed by atoms with Gasteiger partial charge in [-0.2, -0.15) is 0 Å². The molecule has 118 valence electrons. The molecule has 2 heterocycles. The number of nitrogens with one attached hydrogen (secondary N) is 2. The molecule has 1 aromatic rings. The lowest BCUT2D eigenvalue weighted by molar-refractivity contribution is 0.153. The minimum absolute atomic E-state index is 0.122. The van der Waals surface area contributed by atoms with Gasteiger partial charge in [0.25, 0.3) is 0 Å². The molecular weight excluding hydrogens is 276 g/mol. The highest BCUT2D eigenvalue weighted by atomic mass is 19.2. The lowest BCUT2D eigenvalue weighted by atomic mass is 10.0. The summed E-state index contributed by atoms with van der Waals surface area (Å²) in [5.41, 5.74) is 1.25. The van der Waals surface area contributed by atoms with Crippen molar-refractivity contribution in [3.05, 3.63) is 23.4 Å². The largest absolute Gasteiger partial charge is 0.383 e. The monoisotopic (exact) mass is 299 g/mol. The average Bonchev–Trinajstić information content (AvgIpc) is 2.53. The van der Waals surface area contributed by atoms with Crippen molar-refractivity contribution in [1.82, 2.24) is 10.3 Å². The van der Waals surface area contributed by atoms with Gasteiger partial charge in [-0.1, -0.05) is 6.07 Å². The lowest BCUT2D eigenvalue weighted by Crippen LogP contribution is -2.24. The Balaban J connectivity index is 1.85. The fraction of sp³-hybridized carbons (Fsp3) is 0.667. The molecule has 2 N–H and O–H groups in total. The molecule has 4 nitrogen and oxygen atoms in total. The molecule has 0 aliphatic carbocycles. The van der Waals surface area contributed by atoms with Crippen molar-refractivity contribution >= 4 is 5.82 Å². The molecule has 0 saturated heterocycles. The summed E-state index contributed by atoms with van der Waals surface area (Å²) >= 11 is 0. The van der Waals surface area contributed by atoms with Gasteiger partial charge in [0, 0.05) is 20.2 Å². The van der Waals surface area contributed by atoms with Crippen molar-refractivity contribution in [3.63, 3.8) is 0 Å². The summed E-state index contributed by atoms with van der Waals surface area (Å²) in [6.07, 6.45) is -1.12.